The molecule has 2 aromatic carbocycles. The molecule has 1 unspecified atom stereocenters. The van der Waals surface area contributed by atoms with E-state index < -0.39 is 30.4 Å². The zero-order chi connectivity index (χ0) is 22.8. The molecule has 0 spiro atoms. The summed E-state index contributed by atoms with van der Waals surface area (Å²) in [5.74, 6) is -0.495. The first-order valence-corrected chi connectivity index (χ1v) is 11.1. The molecular weight excluding hydrogens is 408 g/mol. The van der Waals surface area contributed by atoms with E-state index in [1.807, 2.05) is 50.2 Å². The zero-order valence-corrected chi connectivity index (χ0v) is 18.4. The molecule has 3 N–H and O–H groups in total. The molecule has 170 valence electrons. The fourth-order valence-corrected chi connectivity index (χ4v) is 4.66. The summed E-state index contributed by atoms with van der Waals surface area (Å²) in [5, 5.41) is 10.2. The van der Waals surface area contributed by atoms with Crippen LogP contribution in [0.15, 0.2) is 48.5 Å². The number of nitrogens with zero attached hydrogens (tertiary/aromatic N) is 1. The first-order chi connectivity index (χ1) is 15.4. The van der Waals surface area contributed by atoms with E-state index in [0.29, 0.717) is 12.8 Å². The van der Waals surface area contributed by atoms with E-state index in [4.69, 9.17) is 15.2 Å². The van der Waals surface area contributed by atoms with Crippen LogP contribution in [0.2, 0.25) is 0 Å². The van der Waals surface area contributed by atoms with Crippen LogP contribution in [0.3, 0.4) is 0 Å². The summed E-state index contributed by atoms with van der Waals surface area (Å²) in [4.78, 5) is 27.2. The monoisotopic (exact) mass is 438 g/mol. The quantitative estimate of drug-likeness (QED) is 0.718. The van der Waals surface area contributed by atoms with Crippen LogP contribution in [-0.2, 0) is 14.3 Å². The van der Waals surface area contributed by atoms with Gasteiger partial charge in [-0.1, -0.05) is 62.4 Å². The van der Waals surface area contributed by atoms with E-state index in [0.717, 1.165) is 27.2 Å². The number of benzene rings is 2. The van der Waals surface area contributed by atoms with Gasteiger partial charge in [0.25, 0.3) is 0 Å². The second-order valence-electron chi connectivity index (χ2n) is 8.87. The Morgan fingerprint density at radius 3 is 2.25 bits per heavy atom. The Morgan fingerprint density at radius 2 is 1.72 bits per heavy atom. The molecule has 0 bridgehead atoms. The van der Waals surface area contributed by atoms with E-state index in [1.165, 1.54) is 0 Å². The molecule has 1 heterocycles. The summed E-state index contributed by atoms with van der Waals surface area (Å²) in [7, 11) is 0. The Kier molecular flexibility index (Phi) is 6.60. The van der Waals surface area contributed by atoms with Crippen LogP contribution in [0.5, 0.6) is 0 Å². The molecule has 2 amide bonds. The molecule has 7 heteroatoms. The first kappa shape index (κ1) is 22.5. The molecule has 2 aliphatic rings. The third kappa shape index (κ3) is 4.28. The van der Waals surface area contributed by atoms with Gasteiger partial charge in [0.15, 0.2) is 6.29 Å². The zero-order valence-electron chi connectivity index (χ0n) is 18.4. The lowest BCUT2D eigenvalue weighted by atomic mass is 9.98. The van der Waals surface area contributed by atoms with Gasteiger partial charge in [0.2, 0.25) is 5.91 Å². The third-order valence-electron chi connectivity index (χ3n) is 6.18. The van der Waals surface area contributed by atoms with Crippen molar-refractivity contribution in [2.45, 2.75) is 51.0 Å². The summed E-state index contributed by atoms with van der Waals surface area (Å²) in [5.41, 5.74) is 10.5. The number of fused-ring (bicyclic) bond motifs is 3. The molecule has 0 saturated carbocycles. The predicted molar refractivity (Wildman–Crippen MR) is 120 cm³/mol. The van der Waals surface area contributed by atoms with E-state index in [2.05, 4.69) is 12.1 Å². The number of aliphatic hydroxyl groups excluding tert-OH is 1. The van der Waals surface area contributed by atoms with Gasteiger partial charge < -0.3 is 20.3 Å². The van der Waals surface area contributed by atoms with Crippen molar-refractivity contribution in [1.82, 2.24) is 4.90 Å². The molecule has 1 aliphatic carbocycles. The minimum Gasteiger partial charge on any atom is -0.448 e. The summed E-state index contributed by atoms with van der Waals surface area (Å²) >= 11 is 0. The van der Waals surface area contributed by atoms with E-state index in [1.54, 1.807) is 0 Å². The van der Waals surface area contributed by atoms with Gasteiger partial charge in [0, 0.05) is 5.92 Å². The molecule has 0 aromatic heterocycles. The average Bonchev–Trinajstić information content (AvgIpc) is 3.33. The standard InChI is InChI=1S/C25H30N2O5/c1-15(2)13-21(26)23(28)27(22-11-12-31-24(22)29)25(30)32-14-20-18-9-5-3-7-16(18)17-8-4-6-10-19(17)20/h3-10,15,20-22,24,29H,11-14,26H2,1-2H3/t21-,22-,24?/m0/s1. The van der Waals surface area contributed by atoms with Gasteiger partial charge in [-0.15, -0.1) is 0 Å². The van der Waals surface area contributed by atoms with Crippen molar-refractivity contribution in [3.63, 3.8) is 0 Å². The Morgan fingerprint density at radius 1 is 1.12 bits per heavy atom. The predicted octanol–water partition coefficient (Wildman–Crippen LogP) is 3.24. The smallest absolute Gasteiger partial charge is 0.417 e. The molecule has 2 aromatic rings. The van der Waals surface area contributed by atoms with Crippen molar-refractivity contribution < 1.29 is 24.2 Å². The first-order valence-electron chi connectivity index (χ1n) is 11.1. The highest BCUT2D eigenvalue weighted by atomic mass is 16.6. The van der Waals surface area contributed by atoms with Gasteiger partial charge in [-0.3, -0.25) is 4.79 Å². The maximum atomic E-state index is 13.1. The van der Waals surface area contributed by atoms with Crippen molar-refractivity contribution in [2.75, 3.05) is 13.2 Å². The van der Waals surface area contributed by atoms with E-state index >= 15 is 0 Å². The number of carbonyl (C=O) groups is 2. The minimum atomic E-state index is -1.24. The Hall–Kier alpha value is -2.74. The molecule has 1 saturated heterocycles. The molecule has 1 aliphatic heterocycles. The lowest BCUT2D eigenvalue weighted by Crippen LogP contribution is -2.54. The summed E-state index contributed by atoms with van der Waals surface area (Å²) < 4.78 is 10.9. The normalized spacial score (nSPS) is 20.7. The summed E-state index contributed by atoms with van der Waals surface area (Å²) in [6.07, 6.45) is -1.28. The second kappa shape index (κ2) is 9.40. The Labute approximate surface area is 188 Å². The average molecular weight is 439 g/mol. The molecule has 32 heavy (non-hydrogen) atoms. The van der Waals surface area contributed by atoms with Crippen molar-refractivity contribution in [3.8, 4) is 11.1 Å². The van der Waals surface area contributed by atoms with Crippen molar-refractivity contribution in [3.05, 3.63) is 59.7 Å². The topological polar surface area (TPSA) is 102 Å². The summed E-state index contributed by atoms with van der Waals surface area (Å²) in [6.45, 7) is 4.25. The highest BCUT2D eigenvalue weighted by molar-refractivity contribution is 5.95. The third-order valence-corrected chi connectivity index (χ3v) is 6.18. The number of aliphatic hydroxyl groups is 1. The van der Waals surface area contributed by atoms with Gasteiger partial charge in [-0.25, -0.2) is 9.69 Å². The van der Waals surface area contributed by atoms with Crippen LogP contribution in [0.25, 0.3) is 11.1 Å². The molecule has 0 radical (unpaired) electrons. The van der Waals surface area contributed by atoms with E-state index in [-0.39, 0.29) is 25.0 Å². The van der Waals surface area contributed by atoms with Gasteiger partial charge >= 0.3 is 6.09 Å². The molecule has 1 fully saturated rings. The number of amides is 2. The number of hydrogen-bond acceptors (Lipinski definition) is 6. The van der Waals surface area contributed by atoms with Crippen molar-refractivity contribution in [1.29, 1.82) is 0 Å². The van der Waals surface area contributed by atoms with Crippen molar-refractivity contribution >= 4 is 12.0 Å². The number of carbonyl (C=O) groups excluding carboxylic acids is 2. The largest absolute Gasteiger partial charge is 0.448 e. The highest BCUT2D eigenvalue weighted by Gasteiger charge is 2.41. The molecular formula is C25H30N2O5. The van der Waals surface area contributed by atoms with Gasteiger partial charge in [0.05, 0.1) is 18.7 Å². The fourth-order valence-electron chi connectivity index (χ4n) is 4.66. The fraction of sp³-hybridized carbons (Fsp3) is 0.440. The van der Waals surface area contributed by atoms with Gasteiger partial charge in [0.1, 0.15) is 6.61 Å². The van der Waals surface area contributed by atoms with Gasteiger partial charge in [-0.2, -0.15) is 0 Å². The lowest BCUT2D eigenvalue weighted by Gasteiger charge is -2.30. The van der Waals surface area contributed by atoms with Crippen LogP contribution >= 0.6 is 0 Å². The highest BCUT2D eigenvalue weighted by Crippen LogP contribution is 2.44. The van der Waals surface area contributed by atoms with Crippen LogP contribution in [-0.4, -0.2) is 53.6 Å². The summed E-state index contributed by atoms with van der Waals surface area (Å²) in [6, 6.07) is 14.4. The molecule has 7 nitrogen and oxygen atoms in total. The van der Waals surface area contributed by atoms with Crippen LogP contribution in [0, 0.1) is 5.92 Å². The SMILES string of the molecule is CC(C)C[C@H](N)C(=O)N(C(=O)OCC1c2ccccc2-c2ccccc21)[C@H]1CCOC1O. The van der Waals surface area contributed by atoms with Crippen LogP contribution in [0.1, 0.15) is 43.7 Å². The second-order valence-corrected chi connectivity index (χ2v) is 8.87. The molecule has 3 atom stereocenters. The number of nitrogens with two attached hydrogens (primary N) is 1. The lowest BCUT2D eigenvalue weighted by molar-refractivity contribution is -0.141. The van der Waals surface area contributed by atoms with Gasteiger partial charge in [-0.05, 0) is 41.0 Å². The minimum absolute atomic E-state index is 0.0831. The Bertz CT molecular complexity index is 946. The maximum absolute atomic E-state index is 13.1. The number of imide groups is 1. The number of ether oxygens (including phenoxy) is 2. The number of rotatable bonds is 6. The Balaban J connectivity index is 1.54. The van der Waals surface area contributed by atoms with Crippen molar-refractivity contribution in [2.24, 2.45) is 11.7 Å². The number of hydrogen-bond donors (Lipinski definition) is 2. The van der Waals surface area contributed by atoms with E-state index in [9.17, 15) is 14.7 Å². The maximum Gasteiger partial charge on any atom is 0.417 e. The van der Waals surface area contributed by atoms with Crippen LogP contribution in [0.4, 0.5) is 4.79 Å². The van der Waals surface area contributed by atoms with Crippen LogP contribution < -0.4 is 5.73 Å². The molecule has 4 rings (SSSR count).